The Labute approximate surface area is 180 Å². The lowest BCUT2D eigenvalue weighted by Gasteiger charge is -2.23. The number of halogens is 1. The Morgan fingerprint density at radius 3 is 2.83 bits per heavy atom. The van der Waals surface area contributed by atoms with E-state index in [1.165, 1.54) is 6.20 Å². The van der Waals surface area contributed by atoms with Gasteiger partial charge in [0, 0.05) is 12.4 Å². The molecule has 0 spiro atoms. The van der Waals surface area contributed by atoms with Gasteiger partial charge in [0.25, 0.3) is 5.91 Å². The number of benzene rings is 2. The van der Waals surface area contributed by atoms with Crippen LogP contribution in [0.2, 0.25) is 5.15 Å². The van der Waals surface area contributed by atoms with Crippen molar-refractivity contribution in [3.63, 3.8) is 0 Å². The van der Waals surface area contributed by atoms with Gasteiger partial charge in [-0.15, -0.1) is 11.3 Å². The molecule has 30 heavy (non-hydrogen) atoms. The molecule has 0 saturated carbocycles. The largest absolute Gasteiger partial charge is 0.302 e. The van der Waals surface area contributed by atoms with Gasteiger partial charge in [-0.05, 0) is 42.0 Å². The molecule has 0 atom stereocenters. The van der Waals surface area contributed by atoms with Crippen LogP contribution >= 0.6 is 22.9 Å². The molecule has 1 amide bonds. The summed E-state index contributed by atoms with van der Waals surface area (Å²) in [5, 5.41) is 0.329. The highest BCUT2D eigenvalue weighted by atomic mass is 35.5. The van der Waals surface area contributed by atoms with E-state index in [4.69, 9.17) is 11.6 Å². The minimum absolute atomic E-state index is 0.152. The average Bonchev–Trinajstić information content (AvgIpc) is 3.26. The SMILES string of the molecule is O=C(c1cccnc1)N(Cc1ccc2ncc(Cl)nc2c1)c1cccc2scnc12. The van der Waals surface area contributed by atoms with Crippen LogP contribution in [-0.4, -0.2) is 25.8 Å². The lowest BCUT2D eigenvalue weighted by molar-refractivity contribution is 0.0985. The lowest BCUT2D eigenvalue weighted by Crippen LogP contribution is -2.30. The van der Waals surface area contributed by atoms with E-state index >= 15 is 0 Å². The Balaban J connectivity index is 1.61. The van der Waals surface area contributed by atoms with Crippen LogP contribution < -0.4 is 4.90 Å². The van der Waals surface area contributed by atoms with Crippen LogP contribution in [0.1, 0.15) is 15.9 Å². The summed E-state index contributed by atoms with van der Waals surface area (Å²) in [6.45, 7) is 0.342. The summed E-state index contributed by atoms with van der Waals surface area (Å²) in [6.07, 6.45) is 4.74. The number of anilines is 1. The number of amides is 1. The summed E-state index contributed by atoms with van der Waals surface area (Å²) < 4.78 is 1.02. The Kier molecular flexibility index (Phi) is 4.82. The van der Waals surface area contributed by atoms with Gasteiger partial charge in [-0.25, -0.2) is 9.97 Å². The monoisotopic (exact) mass is 431 g/mol. The molecule has 5 aromatic rings. The smallest absolute Gasteiger partial charge is 0.260 e. The van der Waals surface area contributed by atoms with Crippen molar-refractivity contribution in [3.05, 3.63) is 88.9 Å². The molecule has 3 aromatic heterocycles. The molecule has 0 unspecified atom stereocenters. The lowest BCUT2D eigenvalue weighted by atomic mass is 10.1. The zero-order valence-corrected chi connectivity index (χ0v) is 17.1. The fourth-order valence-corrected chi connectivity index (χ4v) is 4.15. The molecule has 0 aliphatic rings. The maximum Gasteiger partial charge on any atom is 0.260 e. The second-order valence-electron chi connectivity index (χ2n) is 6.63. The Morgan fingerprint density at radius 2 is 1.97 bits per heavy atom. The van der Waals surface area contributed by atoms with E-state index in [0.717, 1.165) is 27.0 Å². The van der Waals surface area contributed by atoms with E-state index in [0.29, 0.717) is 22.8 Å². The van der Waals surface area contributed by atoms with Crippen molar-refractivity contribution < 1.29 is 4.79 Å². The Bertz CT molecular complexity index is 1370. The number of carbonyl (C=O) groups is 1. The fraction of sp³-hybridized carbons (Fsp3) is 0.0455. The van der Waals surface area contributed by atoms with Crippen molar-refractivity contribution in [2.24, 2.45) is 0 Å². The van der Waals surface area contributed by atoms with E-state index in [1.807, 2.05) is 36.4 Å². The topological polar surface area (TPSA) is 71.9 Å². The molecule has 0 aliphatic carbocycles. The molecular weight excluding hydrogens is 418 g/mol. The maximum absolute atomic E-state index is 13.4. The number of thiazole rings is 1. The van der Waals surface area contributed by atoms with Gasteiger partial charge in [0.2, 0.25) is 0 Å². The van der Waals surface area contributed by atoms with Gasteiger partial charge in [-0.3, -0.25) is 14.8 Å². The predicted octanol–water partition coefficient (Wildman–Crippen LogP) is 5.13. The quantitative estimate of drug-likeness (QED) is 0.394. The molecule has 0 N–H and O–H groups in total. The zero-order valence-electron chi connectivity index (χ0n) is 15.6. The molecule has 0 saturated heterocycles. The van der Waals surface area contributed by atoms with Crippen molar-refractivity contribution in [2.75, 3.05) is 4.90 Å². The van der Waals surface area contributed by atoms with Crippen LogP contribution in [0.15, 0.2) is 72.6 Å². The van der Waals surface area contributed by atoms with E-state index in [2.05, 4.69) is 19.9 Å². The van der Waals surface area contributed by atoms with Crippen LogP contribution in [0.25, 0.3) is 21.3 Å². The highest BCUT2D eigenvalue weighted by molar-refractivity contribution is 7.16. The van der Waals surface area contributed by atoms with E-state index in [-0.39, 0.29) is 5.91 Å². The second-order valence-corrected chi connectivity index (χ2v) is 7.90. The van der Waals surface area contributed by atoms with E-state index in [1.54, 1.807) is 46.3 Å². The summed E-state index contributed by atoms with van der Waals surface area (Å²) in [6, 6.07) is 15.1. The van der Waals surface area contributed by atoms with Crippen molar-refractivity contribution in [2.45, 2.75) is 6.54 Å². The number of nitrogens with zero attached hydrogens (tertiary/aromatic N) is 5. The third kappa shape index (κ3) is 3.49. The molecular formula is C22H14ClN5OS. The van der Waals surface area contributed by atoms with Gasteiger partial charge in [-0.2, -0.15) is 0 Å². The first-order valence-electron chi connectivity index (χ1n) is 9.14. The van der Waals surface area contributed by atoms with Gasteiger partial charge in [0.05, 0.1) is 45.2 Å². The van der Waals surface area contributed by atoms with Crippen LogP contribution in [0.4, 0.5) is 5.69 Å². The minimum atomic E-state index is -0.152. The summed E-state index contributed by atoms with van der Waals surface area (Å²) in [4.78, 5) is 32.4. The number of hydrogen-bond donors (Lipinski definition) is 0. The Morgan fingerprint density at radius 1 is 1.03 bits per heavy atom. The van der Waals surface area contributed by atoms with Gasteiger partial charge >= 0.3 is 0 Å². The first-order valence-corrected chi connectivity index (χ1v) is 10.4. The third-order valence-electron chi connectivity index (χ3n) is 4.70. The predicted molar refractivity (Wildman–Crippen MR) is 119 cm³/mol. The van der Waals surface area contributed by atoms with E-state index in [9.17, 15) is 4.79 Å². The zero-order chi connectivity index (χ0) is 20.5. The van der Waals surface area contributed by atoms with Gasteiger partial charge in [0.1, 0.15) is 10.7 Å². The molecule has 8 heteroatoms. The number of fused-ring (bicyclic) bond motifs is 2. The Hall–Kier alpha value is -3.42. The highest BCUT2D eigenvalue weighted by Gasteiger charge is 2.21. The molecule has 6 nitrogen and oxygen atoms in total. The van der Waals surface area contributed by atoms with Crippen LogP contribution in [0.3, 0.4) is 0 Å². The van der Waals surface area contributed by atoms with Crippen molar-refractivity contribution in [3.8, 4) is 0 Å². The number of carbonyl (C=O) groups excluding carboxylic acids is 1. The first-order chi connectivity index (χ1) is 14.7. The van der Waals surface area contributed by atoms with Crippen LogP contribution in [-0.2, 0) is 6.54 Å². The molecule has 0 fully saturated rings. The number of rotatable bonds is 4. The van der Waals surface area contributed by atoms with Crippen LogP contribution in [0, 0.1) is 0 Å². The normalized spacial score (nSPS) is 11.1. The van der Waals surface area contributed by atoms with E-state index < -0.39 is 0 Å². The maximum atomic E-state index is 13.4. The average molecular weight is 432 g/mol. The van der Waals surface area contributed by atoms with Crippen LogP contribution in [0.5, 0.6) is 0 Å². The molecule has 0 aliphatic heterocycles. The molecule has 5 rings (SSSR count). The van der Waals surface area contributed by atoms with Gasteiger partial charge in [0.15, 0.2) is 0 Å². The number of pyridine rings is 1. The number of para-hydroxylation sites is 1. The molecule has 146 valence electrons. The van der Waals surface area contributed by atoms with Crippen molar-refractivity contribution in [1.29, 1.82) is 0 Å². The van der Waals surface area contributed by atoms with Gasteiger partial charge in [-0.1, -0.05) is 23.7 Å². The fourth-order valence-electron chi connectivity index (χ4n) is 3.32. The molecule has 0 radical (unpaired) electrons. The summed E-state index contributed by atoms with van der Waals surface area (Å²) in [5.41, 5.74) is 6.17. The first kappa shape index (κ1) is 18.6. The highest BCUT2D eigenvalue weighted by Crippen LogP contribution is 2.30. The summed E-state index contributed by atoms with van der Waals surface area (Å²) in [7, 11) is 0. The summed E-state index contributed by atoms with van der Waals surface area (Å²) >= 11 is 7.55. The van der Waals surface area contributed by atoms with Gasteiger partial charge < -0.3 is 4.90 Å². The molecule has 0 bridgehead atoms. The van der Waals surface area contributed by atoms with Crippen molar-refractivity contribution >= 4 is 55.8 Å². The number of aromatic nitrogens is 4. The minimum Gasteiger partial charge on any atom is -0.302 e. The molecule has 2 aromatic carbocycles. The second kappa shape index (κ2) is 7.78. The third-order valence-corrected chi connectivity index (χ3v) is 5.68. The summed E-state index contributed by atoms with van der Waals surface area (Å²) in [5.74, 6) is -0.152. The number of hydrogen-bond acceptors (Lipinski definition) is 6. The standard InChI is InChI=1S/C22H14ClN5OS/c23-20-11-25-16-7-6-14(9-17(16)27-20)12-28(22(29)15-3-2-8-24-10-15)18-4-1-5-19-21(18)26-13-30-19/h1-11,13H,12H2. The van der Waals surface area contributed by atoms with Crippen molar-refractivity contribution in [1.82, 2.24) is 19.9 Å². The molecule has 3 heterocycles.